The van der Waals surface area contributed by atoms with Crippen molar-refractivity contribution in [1.29, 1.82) is 0 Å². The van der Waals surface area contributed by atoms with Crippen LogP contribution in [0, 0.1) is 0 Å². The Bertz CT molecular complexity index is 1070. The Labute approximate surface area is 164 Å². The van der Waals surface area contributed by atoms with Crippen LogP contribution in [0.4, 0.5) is 0 Å². The van der Waals surface area contributed by atoms with Crippen LogP contribution < -0.4 is 0 Å². The number of carbonyl (C=O) groups excluding carboxylic acids is 1. The number of benzene rings is 2. The molecule has 2 aromatic carbocycles. The average Bonchev–Trinajstić information content (AvgIpc) is 3.12. The number of ether oxygens (including phenoxy) is 1. The van der Waals surface area contributed by atoms with Gasteiger partial charge < -0.3 is 9.72 Å². The first-order valence-electron chi connectivity index (χ1n) is 9.80. The molecule has 0 bridgehead atoms. The van der Waals surface area contributed by atoms with Gasteiger partial charge in [-0.15, -0.1) is 0 Å². The fraction of sp³-hybridized carbons (Fsp3) is 0.304. The van der Waals surface area contributed by atoms with E-state index in [2.05, 4.69) is 69.1 Å². The Hall–Kier alpha value is -2.92. The predicted octanol–water partition coefficient (Wildman–Crippen LogP) is 2.76. The molecule has 5 nitrogen and oxygen atoms in total. The molecule has 0 aliphatic carbocycles. The highest BCUT2D eigenvalue weighted by Gasteiger charge is 2.41. The molecule has 5 rings (SSSR count). The van der Waals surface area contributed by atoms with E-state index < -0.39 is 0 Å². The molecule has 1 unspecified atom stereocenters. The van der Waals surface area contributed by atoms with Gasteiger partial charge in [-0.2, -0.15) is 0 Å². The van der Waals surface area contributed by atoms with Crippen LogP contribution in [-0.2, 0) is 16.0 Å². The lowest BCUT2D eigenvalue weighted by atomic mass is 9.86. The summed E-state index contributed by atoms with van der Waals surface area (Å²) in [6.45, 7) is 2.84. The van der Waals surface area contributed by atoms with Crippen LogP contribution in [0.1, 0.15) is 22.7 Å². The van der Waals surface area contributed by atoms with E-state index in [0.29, 0.717) is 6.54 Å². The fourth-order valence-electron chi connectivity index (χ4n) is 4.70. The molecule has 5 heteroatoms. The van der Waals surface area contributed by atoms with E-state index in [0.717, 1.165) is 26.2 Å². The lowest BCUT2D eigenvalue weighted by Gasteiger charge is -2.33. The third-order valence-electron chi connectivity index (χ3n) is 5.97. The minimum atomic E-state index is -0.182. The van der Waals surface area contributed by atoms with Crippen LogP contribution in [-0.4, -0.2) is 59.6 Å². The molecule has 28 heavy (non-hydrogen) atoms. The summed E-state index contributed by atoms with van der Waals surface area (Å²) < 4.78 is 7.35. The summed E-state index contributed by atoms with van der Waals surface area (Å²) in [5.41, 5.74) is 6.52. The van der Waals surface area contributed by atoms with Gasteiger partial charge in [-0.25, -0.2) is 9.48 Å². The fourth-order valence-corrected chi connectivity index (χ4v) is 4.70. The number of methoxy groups -OCH3 is 1. The van der Waals surface area contributed by atoms with Gasteiger partial charge >= 0.3 is 5.97 Å². The molecular formula is C23H24N3O2+. The normalized spacial score (nSPS) is 19.4. The van der Waals surface area contributed by atoms with E-state index in [1.54, 1.807) is 0 Å². The largest absolute Gasteiger partial charge is 0.468 e. The molecule has 0 amide bonds. The first-order valence-corrected chi connectivity index (χ1v) is 9.80. The molecule has 0 saturated carbocycles. The third kappa shape index (κ3) is 2.83. The molecule has 0 radical (unpaired) electrons. The predicted molar refractivity (Wildman–Crippen MR) is 109 cm³/mol. The van der Waals surface area contributed by atoms with Crippen LogP contribution in [0.5, 0.6) is 0 Å². The topological polar surface area (TPSA) is 48.3 Å². The Kier molecular flexibility index (Phi) is 4.24. The quantitative estimate of drug-likeness (QED) is 0.567. The Morgan fingerprint density at radius 1 is 1.18 bits per heavy atom. The molecule has 0 saturated heterocycles. The number of carbonyl (C=O) groups is 1. The minimum absolute atomic E-state index is 0.182. The Balaban J connectivity index is 1.63. The summed E-state index contributed by atoms with van der Waals surface area (Å²) >= 11 is 0. The number of rotatable bonds is 3. The molecule has 2 aliphatic rings. The second-order valence-electron chi connectivity index (χ2n) is 7.62. The van der Waals surface area contributed by atoms with Crippen molar-refractivity contribution in [2.24, 2.45) is 0 Å². The molecule has 142 valence electrons. The van der Waals surface area contributed by atoms with Crippen molar-refractivity contribution >= 4 is 22.6 Å². The highest BCUT2D eigenvalue weighted by molar-refractivity contribution is 6.07. The van der Waals surface area contributed by atoms with Crippen LogP contribution in [0.25, 0.3) is 10.9 Å². The molecule has 0 spiro atoms. The van der Waals surface area contributed by atoms with Crippen LogP contribution in [0.3, 0.4) is 0 Å². The molecule has 0 fully saturated rings. The van der Waals surface area contributed by atoms with Crippen LogP contribution in [0.2, 0.25) is 0 Å². The van der Waals surface area contributed by atoms with Crippen molar-refractivity contribution in [2.45, 2.75) is 12.3 Å². The minimum Gasteiger partial charge on any atom is -0.468 e. The third-order valence-corrected chi connectivity index (χ3v) is 5.97. The van der Waals surface area contributed by atoms with E-state index in [1.165, 1.54) is 40.5 Å². The van der Waals surface area contributed by atoms with Crippen molar-refractivity contribution in [3.63, 3.8) is 0 Å². The van der Waals surface area contributed by atoms with Gasteiger partial charge in [0.15, 0.2) is 6.67 Å². The summed E-state index contributed by atoms with van der Waals surface area (Å²) in [7, 11) is 1.45. The van der Waals surface area contributed by atoms with Crippen molar-refractivity contribution in [2.75, 3.05) is 33.4 Å². The molecule has 3 aromatic rings. The van der Waals surface area contributed by atoms with Gasteiger partial charge in [0.05, 0.1) is 13.0 Å². The summed E-state index contributed by atoms with van der Waals surface area (Å²) in [4.78, 5) is 17.8. The lowest BCUT2D eigenvalue weighted by molar-refractivity contribution is -0.556. The molecule has 2 aliphatic heterocycles. The summed E-state index contributed by atoms with van der Waals surface area (Å²) in [5.74, 6) is 0.0327. The van der Waals surface area contributed by atoms with E-state index in [-0.39, 0.29) is 11.9 Å². The zero-order valence-corrected chi connectivity index (χ0v) is 16.0. The number of hydrogen-bond acceptors (Lipinski definition) is 3. The van der Waals surface area contributed by atoms with Crippen molar-refractivity contribution in [3.8, 4) is 0 Å². The van der Waals surface area contributed by atoms with Gasteiger partial charge in [-0.3, -0.25) is 4.79 Å². The van der Waals surface area contributed by atoms with Gasteiger partial charge in [-0.1, -0.05) is 48.5 Å². The van der Waals surface area contributed by atoms with Gasteiger partial charge in [0.2, 0.25) is 5.71 Å². The summed E-state index contributed by atoms with van der Waals surface area (Å²) in [6.07, 6.45) is 1.01. The highest BCUT2D eigenvalue weighted by atomic mass is 16.5. The first-order chi connectivity index (χ1) is 13.7. The number of nitrogens with one attached hydrogen (secondary N) is 1. The molecule has 3 heterocycles. The summed E-state index contributed by atoms with van der Waals surface area (Å²) in [6, 6.07) is 19.2. The number of H-pyrrole nitrogens is 1. The molecule has 1 N–H and O–H groups in total. The number of aromatic amines is 1. The number of esters is 1. The van der Waals surface area contributed by atoms with E-state index >= 15 is 0 Å². The zero-order valence-electron chi connectivity index (χ0n) is 16.0. The Morgan fingerprint density at radius 2 is 1.96 bits per heavy atom. The van der Waals surface area contributed by atoms with E-state index in [4.69, 9.17) is 4.74 Å². The van der Waals surface area contributed by atoms with Crippen LogP contribution in [0.15, 0.2) is 54.6 Å². The monoisotopic (exact) mass is 374 g/mol. The van der Waals surface area contributed by atoms with Crippen molar-refractivity contribution < 1.29 is 14.1 Å². The van der Waals surface area contributed by atoms with E-state index in [1.807, 2.05) is 0 Å². The van der Waals surface area contributed by atoms with Gasteiger partial charge in [0.1, 0.15) is 18.8 Å². The van der Waals surface area contributed by atoms with Gasteiger partial charge in [0, 0.05) is 23.9 Å². The van der Waals surface area contributed by atoms with Gasteiger partial charge in [0.25, 0.3) is 0 Å². The number of fused-ring (bicyclic) bond motifs is 4. The second-order valence-corrected chi connectivity index (χ2v) is 7.62. The Morgan fingerprint density at radius 3 is 2.79 bits per heavy atom. The number of aromatic nitrogens is 1. The molecular weight excluding hydrogens is 350 g/mol. The van der Waals surface area contributed by atoms with Gasteiger partial charge in [-0.05, 0) is 17.2 Å². The maximum absolute atomic E-state index is 11.9. The summed E-state index contributed by atoms with van der Waals surface area (Å²) in [5, 5.41) is 1.33. The molecule has 1 aromatic heterocycles. The second kappa shape index (κ2) is 6.91. The highest BCUT2D eigenvalue weighted by Crippen LogP contribution is 2.33. The number of hydrogen-bond donors (Lipinski definition) is 1. The standard InChI is InChI=1S/C23H23N3O2/c1-28-21(27)14-25-13-19(16-7-3-2-4-8-16)23-22-18(11-12-26(23)15-25)17-9-5-6-10-20(17)24-22/h2-10,19H,11-15H2,1H3/p+1. The van der Waals surface area contributed by atoms with Crippen molar-refractivity contribution in [3.05, 3.63) is 71.4 Å². The maximum atomic E-state index is 11.9. The number of para-hydroxylation sites is 1. The average molecular weight is 374 g/mol. The van der Waals surface area contributed by atoms with Crippen LogP contribution >= 0.6 is 0 Å². The zero-order chi connectivity index (χ0) is 19.1. The molecule has 1 atom stereocenters. The maximum Gasteiger partial charge on any atom is 0.320 e. The lowest BCUT2D eigenvalue weighted by Crippen LogP contribution is -2.50. The number of nitrogens with zero attached hydrogens (tertiary/aromatic N) is 2. The van der Waals surface area contributed by atoms with Crippen molar-refractivity contribution in [1.82, 2.24) is 9.88 Å². The van der Waals surface area contributed by atoms with E-state index in [9.17, 15) is 4.79 Å². The first kappa shape index (κ1) is 17.2. The SMILES string of the molecule is COC(=O)CN1CC(c2ccccc2)C2=[N+](CCc3c2[nH]c2ccccc32)C1. The smallest absolute Gasteiger partial charge is 0.320 e.